The molecule has 0 aromatic carbocycles. The molecule has 0 spiro atoms. The van der Waals surface area contributed by atoms with Crippen LogP contribution >= 0.6 is 0 Å². The largest absolute Gasteiger partial charge is 0.339 e. The minimum atomic E-state index is -0.369. The van der Waals surface area contributed by atoms with Crippen LogP contribution in [0.4, 0.5) is 0 Å². The van der Waals surface area contributed by atoms with E-state index in [9.17, 15) is 9.59 Å². The minimum Gasteiger partial charge on any atom is -0.339 e. The lowest BCUT2D eigenvalue weighted by Crippen LogP contribution is -2.35. The van der Waals surface area contributed by atoms with Crippen molar-refractivity contribution >= 4 is 11.7 Å². The van der Waals surface area contributed by atoms with Crippen molar-refractivity contribution in [3.8, 4) is 0 Å². The number of hydrogen-bond donors (Lipinski definition) is 0. The van der Waals surface area contributed by atoms with Gasteiger partial charge in [0.2, 0.25) is 5.78 Å². The number of rotatable bonds is 4. The van der Waals surface area contributed by atoms with Crippen molar-refractivity contribution < 1.29 is 9.59 Å². The summed E-state index contributed by atoms with van der Waals surface area (Å²) in [5, 5.41) is 0. The van der Waals surface area contributed by atoms with Gasteiger partial charge in [-0.25, -0.2) is 0 Å². The molecule has 0 saturated heterocycles. The summed E-state index contributed by atoms with van der Waals surface area (Å²) in [6.07, 6.45) is 0.724. The molecular formula is C9H17NO2. The Morgan fingerprint density at radius 1 is 1.33 bits per heavy atom. The van der Waals surface area contributed by atoms with Crippen LogP contribution in [0.1, 0.15) is 27.2 Å². The molecule has 0 N–H and O–H groups in total. The Hall–Kier alpha value is -0.860. The number of hydrogen-bond acceptors (Lipinski definition) is 2. The van der Waals surface area contributed by atoms with Crippen LogP contribution in [0, 0.1) is 5.92 Å². The Kier molecular flexibility index (Phi) is 4.55. The van der Waals surface area contributed by atoms with Crippen molar-refractivity contribution in [2.75, 3.05) is 13.6 Å². The highest BCUT2D eigenvalue weighted by atomic mass is 16.2. The van der Waals surface area contributed by atoms with E-state index in [-0.39, 0.29) is 17.6 Å². The predicted octanol–water partition coefficient (Wildman–Crippen LogP) is 1.08. The average molecular weight is 171 g/mol. The molecule has 0 aromatic rings. The van der Waals surface area contributed by atoms with E-state index < -0.39 is 0 Å². The van der Waals surface area contributed by atoms with E-state index in [0.29, 0.717) is 6.54 Å². The van der Waals surface area contributed by atoms with Crippen LogP contribution in [0.15, 0.2) is 0 Å². The zero-order valence-corrected chi connectivity index (χ0v) is 8.26. The second kappa shape index (κ2) is 4.91. The Labute approximate surface area is 73.7 Å². The molecule has 3 heteroatoms. The molecule has 0 aliphatic rings. The highest BCUT2D eigenvalue weighted by molar-refractivity contribution is 6.36. The molecule has 1 unspecified atom stereocenters. The Balaban J connectivity index is 4.19. The van der Waals surface area contributed by atoms with Crippen LogP contribution < -0.4 is 0 Å². The fourth-order valence-corrected chi connectivity index (χ4v) is 0.728. The summed E-state index contributed by atoms with van der Waals surface area (Å²) in [5.74, 6) is -0.791. The second-order valence-electron chi connectivity index (χ2n) is 2.99. The molecule has 0 radical (unpaired) electrons. The van der Waals surface area contributed by atoms with Crippen LogP contribution in [0.5, 0.6) is 0 Å². The summed E-state index contributed by atoms with van der Waals surface area (Å²) in [6, 6.07) is 0. The van der Waals surface area contributed by atoms with Gasteiger partial charge in [0.25, 0.3) is 5.91 Å². The van der Waals surface area contributed by atoms with E-state index in [1.54, 1.807) is 14.0 Å². The van der Waals surface area contributed by atoms with Crippen LogP contribution in [0.3, 0.4) is 0 Å². The summed E-state index contributed by atoms with van der Waals surface area (Å²) in [7, 11) is 1.64. The van der Waals surface area contributed by atoms with Crippen molar-refractivity contribution in [2.45, 2.75) is 27.2 Å². The lowest BCUT2D eigenvalue weighted by atomic mass is 10.0. The van der Waals surface area contributed by atoms with Gasteiger partial charge in [0.15, 0.2) is 0 Å². The van der Waals surface area contributed by atoms with E-state index in [0.717, 1.165) is 6.42 Å². The highest BCUT2D eigenvalue weighted by Gasteiger charge is 2.21. The first kappa shape index (κ1) is 11.1. The van der Waals surface area contributed by atoms with E-state index in [2.05, 4.69) is 0 Å². The van der Waals surface area contributed by atoms with Gasteiger partial charge >= 0.3 is 0 Å². The first-order valence-electron chi connectivity index (χ1n) is 4.33. The summed E-state index contributed by atoms with van der Waals surface area (Å²) in [5.41, 5.74) is 0. The molecule has 0 aliphatic heterocycles. The van der Waals surface area contributed by atoms with Crippen LogP contribution in [0.2, 0.25) is 0 Å². The molecule has 1 amide bonds. The third-order valence-corrected chi connectivity index (χ3v) is 2.09. The number of likely N-dealkylation sites (N-methyl/N-ethyl adjacent to an activating group) is 1. The molecular weight excluding hydrogens is 154 g/mol. The van der Waals surface area contributed by atoms with Crippen molar-refractivity contribution in [1.82, 2.24) is 4.90 Å². The fraction of sp³-hybridized carbons (Fsp3) is 0.778. The van der Waals surface area contributed by atoms with Gasteiger partial charge in [-0.1, -0.05) is 13.8 Å². The summed E-state index contributed by atoms with van der Waals surface area (Å²) in [4.78, 5) is 24.0. The van der Waals surface area contributed by atoms with E-state index >= 15 is 0 Å². The SMILES string of the molecule is CCC(C)C(=O)C(=O)N(C)CC. The quantitative estimate of drug-likeness (QED) is 0.593. The zero-order valence-electron chi connectivity index (χ0n) is 8.26. The first-order chi connectivity index (χ1) is 5.54. The van der Waals surface area contributed by atoms with Crippen molar-refractivity contribution in [3.05, 3.63) is 0 Å². The van der Waals surface area contributed by atoms with Crippen molar-refractivity contribution in [1.29, 1.82) is 0 Å². The third-order valence-electron chi connectivity index (χ3n) is 2.09. The molecule has 3 nitrogen and oxygen atoms in total. The molecule has 12 heavy (non-hydrogen) atoms. The molecule has 0 bridgehead atoms. The molecule has 70 valence electrons. The molecule has 0 rings (SSSR count). The van der Waals surface area contributed by atoms with Crippen LogP contribution in [0.25, 0.3) is 0 Å². The average Bonchev–Trinajstić information content (AvgIpc) is 2.12. The topological polar surface area (TPSA) is 37.4 Å². The van der Waals surface area contributed by atoms with Gasteiger partial charge in [0.1, 0.15) is 0 Å². The molecule has 1 atom stereocenters. The fourth-order valence-electron chi connectivity index (χ4n) is 0.728. The summed E-state index contributed by atoms with van der Waals surface area (Å²) >= 11 is 0. The Morgan fingerprint density at radius 2 is 1.83 bits per heavy atom. The van der Waals surface area contributed by atoms with Crippen molar-refractivity contribution in [3.63, 3.8) is 0 Å². The summed E-state index contributed by atoms with van der Waals surface area (Å²) < 4.78 is 0. The molecule has 0 aliphatic carbocycles. The standard InChI is InChI=1S/C9H17NO2/c1-5-7(3)8(11)9(12)10(4)6-2/h7H,5-6H2,1-4H3. The van der Waals surface area contributed by atoms with Crippen LogP contribution in [-0.2, 0) is 9.59 Å². The maximum atomic E-state index is 11.3. The number of nitrogens with zero attached hydrogens (tertiary/aromatic N) is 1. The number of Topliss-reactive ketones (excluding diaryl/α,β-unsaturated/α-hetero) is 1. The van der Waals surface area contributed by atoms with Gasteiger partial charge in [0, 0.05) is 19.5 Å². The Bertz CT molecular complexity index is 157. The molecule has 0 saturated carbocycles. The zero-order chi connectivity index (χ0) is 9.72. The molecule has 0 heterocycles. The van der Waals surface area contributed by atoms with E-state index in [4.69, 9.17) is 0 Å². The predicted molar refractivity (Wildman–Crippen MR) is 47.8 cm³/mol. The summed E-state index contributed by atoms with van der Waals surface area (Å²) in [6.45, 7) is 6.12. The van der Waals surface area contributed by atoms with E-state index in [1.807, 2.05) is 13.8 Å². The van der Waals surface area contributed by atoms with Gasteiger partial charge in [-0.3, -0.25) is 9.59 Å². The van der Waals surface area contributed by atoms with E-state index in [1.165, 1.54) is 4.90 Å². The highest BCUT2D eigenvalue weighted by Crippen LogP contribution is 2.03. The van der Waals surface area contributed by atoms with Gasteiger partial charge in [0.05, 0.1) is 0 Å². The molecule has 0 fully saturated rings. The second-order valence-corrected chi connectivity index (χ2v) is 2.99. The number of carbonyl (C=O) groups excluding carboxylic acids is 2. The van der Waals surface area contributed by atoms with Gasteiger partial charge < -0.3 is 4.90 Å². The maximum Gasteiger partial charge on any atom is 0.289 e. The monoisotopic (exact) mass is 171 g/mol. The van der Waals surface area contributed by atoms with Gasteiger partial charge in [-0.15, -0.1) is 0 Å². The smallest absolute Gasteiger partial charge is 0.289 e. The van der Waals surface area contributed by atoms with Gasteiger partial charge in [-0.05, 0) is 13.3 Å². The third kappa shape index (κ3) is 2.64. The first-order valence-corrected chi connectivity index (χ1v) is 4.33. The van der Waals surface area contributed by atoms with Crippen LogP contribution in [-0.4, -0.2) is 30.2 Å². The van der Waals surface area contributed by atoms with Crippen molar-refractivity contribution in [2.24, 2.45) is 5.92 Å². The maximum absolute atomic E-state index is 11.3. The Morgan fingerprint density at radius 3 is 2.17 bits per heavy atom. The lowest BCUT2D eigenvalue weighted by Gasteiger charge is -2.15. The number of ketones is 1. The minimum absolute atomic E-state index is 0.147. The normalized spacial score (nSPS) is 12.3. The van der Waals surface area contributed by atoms with Gasteiger partial charge in [-0.2, -0.15) is 0 Å². The number of carbonyl (C=O) groups is 2. The lowest BCUT2D eigenvalue weighted by molar-refractivity contribution is -0.145. The number of amides is 1. The molecule has 0 aromatic heterocycles.